The smallest absolute Gasteiger partial charge is 0.335 e. The number of carboxylic acid groups (broad SMARTS) is 1. The topological polar surface area (TPSA) is 76.2 Å². The van der Waals surface area contributed by atoms with Crippen molar-refractivity contribution in [1.82, 2.24) is 4.98 Å². The molecule has 0 aliphatic carbocycles. The van der Waals surface area contributed by atoms with Crippen molar-refractivity contribution in [3.05, 3.63) is 60.3 Å². The third-order valence-electron chi connectivity index (χ3n) is 3.24. The minimum Gasteiger partial charge on any atom is -0.478 e. The van der Waals surface area contributed by atoms with Gasteiger partial charge in [-0.05, 0) is 40.8 Å². The Bertz CT molecular complexity index is 812. The molecule has 0 unspecified atom stereocenters. The Morgan fingerprint density at radius 3 is 2.65 bits per heavy atom. The lowest BCUT2D eigenvalue weighted by molar-refractivity contribution is 0.0697. The summed E-state index contributed by atoms with van der Waals surface area (Å²) in [4.78, 5) is 15.1. The minimum atomic E-state index is -0.936. The average Bonchev–Trinajstić information content (AvgIpc) is 2.47. The molecule has 4 heteroatoms. The molecule has 1 aromatic heterocycles. The maximum Gasteiger partial charge on any atom is 0.335 e. The Morgan fingerprint density at radius 1 is 1.05 bits per heavy atom. The van der Waals surface area contributed by atoms with Crippen LogP contribution in [-0.2, 0) is 0 Å². The fraction of sp³-hybridized carbons (Fsp3) is 0. The molecule has 3 N–H and O–H groups in total. The Kier molecular flexibility index (Phi) is 2.84. The molecule has 0 saturated carbocycles. The number of aromatic carboxylic acids is 1. The van der Waals surface area contributed by atoms with Crippen LogP contribution in [0.25, 0.3) is 21.9 Å². The van der Waals surface area contributed by atoms with Gasteiger partial charge in [0.25, 0.3) is 0 Å². The lowest BCUT2D eigenvalue weighted by Crippen LogP contribution is -1.96. The van der Waals surface area contributed by atoms with E-state index in [0.717, 1.165) is 21.9 Å². The van der Waals surface area contributed by atoms with Crippen LogP contribution in [0, 0.1) is 0 Å². The van der Waals surface area contributed by atoms with Gasteiger partial charge in [-0.2, -0.15) is 0 Å². The van der Waals surface area contributed by atoms with E-state index in [4.69, 9.17) is 10.8 Å². The number of anilines is 1. The van der Waals surface area contributed by atoms with Crippen molar-refractivity contribution >= 4 is 22.6 Å². The molecule has 3 aromatic rings. The second kappa shape index (κ2) is 4.66. The first-order chi connectivity index (χ1) is 9.65. The van der Waals surface area contributed by atoms with E-state index in [9.17, 15) is 4.79 Å². The number of hydrogen-bond acceptors (Lipinski definition) is 3. The molecule has 0 radical (unpaired) electrons. The highest BCUT2D eigenvalue weighted by molar-refractivity contribution is 5.95. The van der Waals surface area contributed by atoms with E-state index in [-0.39, 0.29) is 5.56 Å². The fourth-order valence-electron chi connectivity index (χ4n) is 2.20. The molecule has 20 heavy (non-hydrogen) atoms. The average molecular weight is 264 g/mol. The fourth-order valence-corrected chi connectivity index (χ4v) is 2.20. The zero-order valence-corrected chi connectivity index (χ0v) is 10.6. The molecule has 3 rings (SSSR count). The molecule has 0 bridgehead atoms. The van der Waals surface area contributed by atoms with Gasteiger partial charge in [0.2, 0.25) is 0 Å². The van der Waals surface area contributed by atoms with Crippen LogP contribution in [0.2, 0.25) is 0 Å². The maximum absolute atomic E-state index is 11.0. The molecule has 0 atom stereocenters. The van der Waals surface area contributed by atoms with Crippen molar-refractivity contribution in [3.63, 3.8) is 0 Å². The number of nitrogens with two attached hydrogens (primary N) is 1. The number of rotatable bonds is 2. The number of pyridine rings is 1. The van der Waals surface area contributed by atoms with Gasteiger partial charge in [0.05, 0.1) is 5.56 Å². The number of nitrogen functional groups attached to an aromatic ring is 1. The summed E-state index contributed by atoms with van der Waals surface area (Å²) in [7, 11) is 0. The van der Waals surface area contributed by atoms with E-state index >= 15 is 0 Å². The summed E-state index contributed by atoms with van der Waals surface area (Å²) in [5.41, 5.74) is 7.90. The Hall–Kier alpha value is -2.88. The second-order valence-electron chi connectivity index (χ2n) is 4.52. The summed E-state index contributed by atoms with van der Waals surface area (Å²) in [6.45, 7) is 0. The summed E-state index contributed by atoms with van der Waals surface area (Å²) < 4.78 is 0. The molecular weight excluding hydrogens is 252 g/mol. The minimum absolute atomic E-state index is 0.266. The van der Waals surface area contributed by atoms with Crippen molar-refractivity contribution < 1.29 is 9.90 Å². The molecule has 0 amide bonds. The maximum atomic E-state index is 11.0. The number of fused-ring (bicyclic) bond motifs is 1. The van der Waals surface area contributed by atoms with Gasteiger partial charge in [-0.15, -0.1) is 0 Å². The number of carbonyl (C=O) groups is 1. The molecule has 0 saturated heterocycles. The quantitative estimate of drug-likeness (QED) is 0.745. The molecule has 98 valence electrons. The van der Waals surface area contributed by atoms with E-state index < -0.39 is 5.97 Å². The SMILES string of the molecule is Nc1nccc2ccc(-c3cccc(C(=O)O)c3)cc12. The van der Waals surface area contributed by atoms with Crippen LogP contribution in [0.4, 0.5) is 5.82 Å². The highest BCUT2D eigenvalue weighted by atomic mass is 16.4. The number of hydrogen-bond donors (Lipinski definition) is 2. The normalized spacial score (nSPS) is 10.6. The van der Waals surface area contributed by atoms with Gasteiger partial charge in [0, 0.05) is 11.6 Å². The van der Waals surface area contributed by atoms with Crippen molar-refractivity contribution in [1.29, 1.82) is 0 Å². The van der Waals surface area contributed by atoms with Gasteiger partial charge < -0.3 is 10.8 Å². The van der Waals surface area contributed by atoms with Crippen LogP contribution < -0.4 is 5.73 Å². The molecule has 0 aliphatic rings. The molecule has 0 aliphatic heterocycles. The van der Waals surface area contributed by atoms with E-state index in [0.29, 0.717) is 5.82 Å². The summed E-state index contributed by atoms with van der Waals surface area (Å²) in [5, 5.41) is 10.9. The molecule has 0 fully saturated rings. The van der Waals surface area contributed by atoms with Crippen LogP contribution in [0.3, 0.4) is 0 Å². The highest BCUT2D eigenvalue weighted by Gasteiger charge is 2.06. The van der Waals surface area contributed by atoms with E-state index in [1.807, 2.05) is 30.3 Å². The Labute approximate surface area is 115 Å². The van der Waals surface area contributed by atoms with Crippen LogP contribution in [0.1, 0.15) is 10.4 Å². The summed E-state index contributed by atoms with van der Waals surface area (Å²) >= 11 is 0. The van der Waals surface area contributed by atoms with Crippen molar-refractivity contribution in [2.24, 2.45) is 0 Å². The Balaban J connectivity index is 2.17. The highest BCUT2D eigenvalue weighted by Crippen LogP contribution is 2.27. The van der Waals surface area contributed by atoms with Gasteiger partial charge in [-0.3, -0.25) is 0 Å². The van der Waals surface area contributed by atoms with Crippen LogP contribution >= 0.6 is 0 Å². The van der Waals surface area contributed by atoms with E-state index in [1.54, 1.807) is 24.4 Å². The van der Waals surface area contributed by atoms with Crippen LogP contribution in [0.15, 0.2) is 54.7 Å². The molecule has 2 aromatic carbocycles. The third-order valence-corrected chi connectivity index (χ3v) is 3.24. The predicted molar refractivity (Wildman–Crippen MR) is 78.6 cm³/mol. The lowest BCUT2D eigenvalue weighted by Gasteiger charge is -2.06. The zero-order valence-electron chi connectivity index (χ0n) is 10.6. The summed E-state index contributed by atoms with van der Waals surface area (Å²) in [6, 6.07) is 14.6. The first-order valence-electron chi connectivity index (χ1n) is 6.13. The Morgan fingerprint density at radius 2 is 1.85 bits per heavy atom. The van der Waals surface area contributed by atoms with Gasteiger partial charge in [0.15, 0.2) is 0 Å². The van der Waals surface area contributed by atoms with E-state index in [2.05, 4.69) is 4.98 Å². The largest absolute Gasteiger partial charge is 0.478 e. The first-order valence-corrected chi connectivity index (χ1v) is 6.13. The predicted octanol–water partition coefficient (Wildman–Crippen LogP) is 3.18. The lowest BCUT2D eigenvalue weighted by atomic mass is 10.0. The molecule has 0 spiro atoms. The number of aromatic nitrogens is 1. The van der Waals surface area contributed by atoms with Crippen molar-refractivity contribution in [3.8, 4) is 11.1 Å². The first kappa shape index (κ1) is 12.2. The van der Waals surface area contributed by atoms with Crippen LogP contribution in [0.5, 0.6) is 0 Å². The summed E-state index contributed by atoms with van der Waals surface area (Å²) in [6.07, 6.45) is 1.67. The standard InChI is InChI=1S/C16H12N2O2/c17-15-14-9-12(5-4-10(14)6-7-18-15)11-2-1-3-13(8-11)16(19)20/h1-9H,(H2,17,18)(H,19,20). The van der Waals surface area contributed by atoms with Gasteiger partial charge >= 0.3 is 5.97 Å². The van der Waals surface area contributed by atoms with Gasteiger partial charge in [-0.1, -0.05) is 24.3 Å². The zero-order chi connectivity index (χ0) is 14.1. The van der Waals surface area contributed by atoms with Gasteiger partial charge in [0.1, 0.15) is 5.82 Å². The van der Waals surface area contributed by atoms with Crippen molar-refractivity contribution in [2.45, 2.75) is 0 Å². The summed E-state index contributed by atoms with van der Waals surface area (Å²) in [5.74, 6) is -0.465. The second-order valence-corrected chi connectivity index (χ2v) is 4.52. The van der Waals surface area contributed by atoms with Gasteiger partial charge in [-0.25, -0.2) is 9.78 Å². The number of benzene rings is 2. The molecule has 4 nitrogen and oxygen atoms in total. The van der Waals surface area contributed by atoms with Crippen LogP contribution in [-0.4, -0.2) is 16.1 Å². The third kappa shape index (κ3) is 2.07. The van der Waals surface area contributed by atoms with Crippen molar-refractivity contribution in [2.75, 3.05) is 5.73 Å². The monoisotopic (exact) mass is 264 g/mol. The number of carboxylic acids is 1. The molecule has 1 heterocycles. The molecular formula is C16H12N2O2. The number of nitrogens with zero attached hydrogens (tertiary/aromatic N) is 1. The van der Waals surface area contributed by atoms with E-state index in [1.165, 1.54) is 0 Å².